The topological polar surface area (TPSA) is 565 Å². The Hall–Kier alpha value is -10.4. The molecule has 2 aliphatic rings. The van der Waals surface area contributed by atoms with E-state index in [0.717, 1.165) is 43.9 Å². The van der Waals surface area contributed by atoms with Gasteiger partial charge in [-0.3, -0.25) is 86.3 Å². The lowest BCUT2D eigenvalue weighted by molar-refractivity contribution is -0.149. The van der Waals surface area contributed by atoms with Crippen LogP contribution in [-0.2, 0) is 81.5 Å². The molecule has 0 aromatic heterocycles. The Balaban J connectivity index is 1.84. The molecule has 0 bridgehead atoms. The Morgan fingerprint density at radius 1 is 0.486 bits per heavy atom. The van der Waals surface area contributed by atoms with Gasteiger partial charge in [-0.25, -0.2) is 0 Å². The van der Waals surface area contributed by atoms with Crippen molar-refractivity contribution in [2.75, 3.05) is 38.0 Å². The highest BCUT2D eigenvalue weighted by atomic mass is 16.4. The van der Waals surface area contributed by atoms with Gasteiger partial charge >= 0.3 is 23.9 Å². The van der Waals surface area contributed by atoms with Crippen LogP contribution in [0, 0.1) is 11.8 Å². The highest BCUT2D eigenvalue weighted by Crippen LogP contribution is 2.22. The second-order valence-electron chi connectivity index (χ2n) is 26.6. The molecule has 1 aromatic carbocycles. The van der Waals surface area contributed by atoms with Gasteiger partial charge in [-0.15, -0.1) is 0 Å². The first kappa shape index (κ1) is 88.9. The summed E-state index contributed by atoms with van der Waals surface area (Å²) < 4.78 is 0. The summed E-state index contributed by atoms with van der Waals surface area (Å²) in [4.78, 5) is 240. The fourth-order valence-electron chi connectivity index (χ4n) is 11.4. The minimum absolute atomic E-state index is 0.0229. The normalized spacial score (nSPS) is 16.9. The first-order chi connectivity index (χ1) is 49.6. The SMILES string of the molecule is CCCCCCCCCCCC(=O)Nc1ccc(C(=O)NC(CC(=O)O)C(=O)NC(C(=O)N2CCCCC2C(=O)NC(C(=O)NC(CC(=O)O)C(=O)NCC(=O)NC(CC(=O)O)C(=O)NCC(=O)NC(C(=O)NC(C)C(C)C)C(C)NC(=O)CCN)C(C)C(=O)O)C(C)NC(=O)C2CCCN2C=O)cc1. The van der Waals surface area contributed by atoms with Crippen molar-refractivity contribution >= 4 is 113 Å². The number of nitrogens with zero attached hydrogens (tertiary/aromatic N) is 2. The first-order valence-electron chi connectivity index (χ1n) is 35.4. The Kier molecular flexibility index (Phi) is 38.7. The minimum atomic E-state index is -2.19. The van der Waals surface area contributed by atoms with Gasteiger partial charge in [0.1, 0.15) is 48.3 Å². The zero-order chi connectivity index (χ0) is 78.6. The molecule has 0 radical (unpaired) electrons. The number of carbonyl (C=O) groups excluding carboxylic acids is 14. The largest absolute Gasteiger partial charge is 0.481 e. The number of carboxylic acids is 4. The number of benzene rings is 1. The number of hydrogen-bond donors (Lipinski definition) is 17. The van der Waals surface area contributed by atoms with Crippen LogP contribution in [0.5, 0.6) is 0 Å². The lowest BCUT2D eigenvalue weighted by atomic mass is 9.96. The Morgan fingerprint density at radius 3 is 1.54 bits per heavy atom. The van der Waals surface area contributed by atoms with Crippen LogP contribution in [-0.4, -0.2) is 236 Å². The van der Waals surface area contributed by atoms with Gasteiger partial charge in [-0.05, 0) is 96.4 Å². The fraction of sp³-hybridized carbons (Fsp3) is 0.647. The number of nitrogens with one attached hydrogen (secondary N) is 12. The maximum atomic E-state index is 15.1. The number of rotatable bonds is 47. The number of carboxylic acid groups (broad SMARTS) is 4. The number of hydrogen-bond acceptors (Lipinski definition) is 19. The van der Waals surface area contributed by atoms with Crippen LogP contribution in [0.3, 0.4) is 0 Å². The summed E-state index contributed by atoms with van der Waals surface area (Å²) in [5.41, 5.74) is 5.74. The fourth-order valence-corrected chi connectivity index (χ4v) is 11.4. The predicted octanol–water partition coefficient (Wildman–Crippen LogP) is -2.03. The van der Waals surface area contributed by atoms with Crippen molar-refractivity contribution in [3.8, 4) is 0 Å². The molecule has 584 valence electrons. The summed E-state index contributed by atoms with van der Waals surface area (Å²) in [5, 5.41) is 67.9. The molecular formula is C68H105N15O22. The van der Waals surface area contributed by atoms with E-state index in [1.54, 1.807) is 6.92 Å². The van der Waals surface area contributed by atoms with E-state index in [1.165, 1.54) is 62.3 Å². The molecule has 0 aliphatic carbocycles. The molecule has 3 rings (SSSR count). The molecule has 12 atom stereocenters. The Bertz CT molecular complexity index is 3230. The van der Waals surface area contributed by atoms with Crippen LogP contribution < -0.4 is 69.5 Å². The van der Waals surface area contributed by atoms with Gasteiger partial charge in [-0.2, -0.15) is 0 Å². The van der Waals surface area contributed by atoms with Gasteiger partial charge in [0, 0.05) is 49.8 Å². The summed E-state index contributed by atoms with van der Waals surface area (Å²) in [6, 6.07) is -11.5. The zero-order valence-corrected chi connectivity index (χ0v) is 60.5. The van der Waals surface area contributed by atoms with Crippen molar-refractivity contribution in [3.63, 3.8) is 0 Å². The standard InChI is InChI=1S/C68H105N15O22/c1-8-9-10-11-12-13-14-15-16-22-49(85)75-43-25-23-42(24-26-43)59(95)77-46(33-55(93)94)62(98)81-58(41(7)74-63(99)47-21-19-29-82(47)36-84)67(103)83-30-18-17-20-48(83)64(100)80-56(38(4)68(104)105)65(101)78-45(32-54(91)92)61(97)70-34-51(87)76-44(31-53(89)90)60(96)71-35-52(88)79-57(40(6)72-50(86)27-28-69)66(102)73-39(5)37(2)3/h23-26,36-41,44-48,56-58H,8-22,27-35,69H2,1-7H3,(H,70,97)(H,71,96)(H,72,86)(H,73,102)(H,74,99)(H,75,85)(H,76,87)(H,77,95)(H,78,101)(H,79,88)(H,80,100)(H,81,98)(H,89,90)(H,91,92)(H,93,94)(H,104,105). The highest BCUT2D eigenvalue weighted by molar-refractivity contribution is 6.02. The minimum Gasteiger partial charge on any atom is -0.481 e. The van der Waals surface area contributed by atoms with Crippen LogP contribution in [0.4, 0.5) is 5.69 Å². The Morgan fingerprint density at radius 2 is 1.00 bits per heavy atom. The molecule has 14 amide bonds. The van der Waals surface area contributed by atoms with Gasteiger partial charge in [0.2, 0.25) is 77.3 Å². The van der Waals surface area contributed by atoms with Gasteiger partial charge in [0.15, 0.2) is 0 Å². The number of carbonyl (C=O) groups is 18. The third-order valence-corrected chi connectivity index (χ3v) is 17.8. The lowest BCUT2D eigenvalue weighted by Crippen LogP contribution is -2.65. The zero-order valence-electron chi connectivity index (χ0n) is 60.5. The van der Waals surface area contributed by atoms with Gasteiger partial charge < -0.3 is 99.8 Å². The molecule has 2 heterocycles. The summed E-state index contributed by atoms with van der Waals surface area (Å²) in [7, 11) is 0. The number of unbranched alkanes of at least 4 members (excludes halogenated alkanes) is 8. The summed E-state index contributed by atoms with van der Waals surface area (Å²) >= 11 is 0. The van der Waals surface area contributed by atoms with Crippen molar-refractivity contribution in [2.24, 2.45) is 17.6 Å². The third-order valence-electron chi connectivity index (χ3n) is 17.8. The first-order valence-corrected chi connectivity index (χ1v) is 35.4. The van der Waals surface area contributed by atoms with Gasteiger partial charge in [0.25, 0.3) is 5.91 Å². The number of piperidine rings is 1. The summed E-state index contributed by atoms with van der Waals surface area (Å²) in [6.45, 7) is 9.01. The number of likely N-dealkylation sites (tertiary alicyclic amines) is 2. The highest BCUT2D eigenvalue weighted by Gasteiger charge is 2.44. The molecule has 105 heavy (non-hydrogen) atoms. The average molecular weight is 1480 g/mol. The number of amides is 14. The van der Waals surface area contributed by atoms with Crippen LogP contribution >= 0.6 is 0 Å². The van der Waals surface area contributed by atoms with Crippen molar-refractivity contribution in [3.05, 3.63) is 29.8 Å². The average Bonchev–Trinajstić information content (AvgIpc) is 1.03. The number of anilines is 1. The maximum Gasteiger partial charge on any atom is 0.308 e. The Labute approximate surface area is 608 Å². The second kappa shape index (κ2) is 45.7. The quantitative estimate of drug-likeness (QED) is 0.0247. The van der Waals surface area contributed by atoms with Crippen LogP contribution in [0.25, 0.3) is 0 Å². The third kappa shape index (κ3) is 31.2. The molecule has 2 saturated heterocycles. The predicted molar refractivity (Wildman–Crippen MR) is 374 cm³/mol. The van der Waals surface area contributed by atoms with Crippen molar-refractivity contribution in [2.45, 2.75) is 237 Å². The lowest BCUT2D eigenvalue weighted by Gasteiger charge is -2.39. The molecule has 2 aliphatic heterocycles. The molecule has 0 spiro atoms. The van der Waals surface area contributed by atoms with Crippen molar-refractivity contribution in [1.29, 1.82) is 0 Å². The van der Waals surface area contributed by atoms with Gasteiger partial charge in [0.05, 0.1) is 50.4 Å². The summed E-state index contributed by atoms with van der Waals surface area (Å²) in [5.74, 6) is -21.9. The molecule has 37 nitrogen and oxygen atoms in total. The van der Waals surface area contributed by atoms with Gasteiger partial charge in [-0.1, -0.05) is 72.1 Å². The maximum absolute atomic E-state index is 15.1. The molecule has 12 unspecified atom stereocenters. The van der Waals surface area contributed by atoms with E-state index in [2.05, 4.69) is 54.8 Å². The molecule has 18 N–H and O–H groups in total. The van der Waals surface area contributed by atoms with Crippen LogP contribution in [0.15, 0.2) is 24.3 Å². The smallest absolute Gasteiger partial charge is 0.308 e. The number of nitrogens with two attached hydrogens (primary N) is 1. The van der Waals surface area contributed by atoms with Crippen LogP contribution in [0.2, 0.25) is 0 Å². The van der Waals surface area contributed by atoms with E-state index < -0.39 is 199 Å². The van der Waals surface area contributed by atoms with E-state index in [9.17, 15) is 102 Å². The number of aliphatic carboxylic acids is 4. The monoisotopic (exact) mass is 1480 g/mol. The summed E-state index contributed by atoms with van der Waals surface area (Å²) in [6.07, 6.45) is 7.58. The van der Waals surface area contributed by atoms with Crippen molar-refractivity contribution in [1.82, 2.24) is 68.3 Å². The molecule has 1 aromatic rings. The van der Waals surface area contributed by atoms with E-state index in [0.29, 0.717) is 24.9 Å². The second-order valence-corrected chi connectivity index (χ2v) is 26.6. The molecular weight excluding hydrogens is 1380 g/mol. The van der Waals surface area contributed by atoms with Crippen molar-refractivity contribution < 1.29 is 107 Å². The van der Waals surface area contributed by atoms with Crippen LogP contribution in [0.1, 0.15) is 181 Å². The molecule has 0 saturated carbocycles. The molecule has 37 heteroatoms. The molecule has 2 fully saturated rings. The van der Waals surface area contributed by atoms with E-state index in [-0.39, 0.29) is 75.5 Å². The van der Waals surface area contributed by atoms with E-state index in [4.69, 9.17) is 5.73 Å². The van der Waals surface area contributed by atoms with E-state index >= 15 is 4.79 Å². The van der Waals surface area contributed by atoms with E-state index in [1.807, 2.05) is 29.8 Å².